The summed E-state index contributed by atoms with van der Waals surface area (Å²) in [4.78, 5) is 11.6. The van der Waals surface area contributed by atoms with Crippen LogP contribution >= 0.6 is 11.6 Å². The number of carbonyl (C=O) groups is 1. The molecule has 124 valence electrons. The molecule has 0 saturated heterocycles. The van der Waals surface area contributed by atoms with Crippen molar-refractivity contribution in [2.24, 2.45) is 0 Å². The smallest absolute Gasteiger partial charge is 0.247 e. The van der Waals surface area contributed by atoms with Crippen LogP contribution in [0.4, 0.5) is 0 Å². The Morgan fingerprint density at radius 2 is 2.05 bits per heavy atom. The van der Waals surface area contributed by atoms with Crippen LogP contribution in [-0.2, 0) is 19.6 Å². The van der Waals surface area contributed by atoms with Crippen molar-refractivity contribution >= 4 is 27.5 Å². The van der Waals surface area contributed by atoms with Crippen molar-refractivity contribution in [3.63, 3.8) is 0 Å². The van der Waals surface area contributed by atoms with Crippen molar-refractivity contribution in [2.45, 2.75) is 4.90 Å². The molecule has 1 N–H and O–H groups in total. The summed E-state index contributed by atoms with van der Waals surface area (Å²) in [6.07, 6.45) is 0. The second kappa shape index (κ2) is 8.33. The van der Waals surface area contributed by atoms with Crippen LogP contribution in [0.15, 0.2) is 23.1 Å². The van der Waals surface area contributed by atoms with E-state index in [1.165, 1.54) is 39.5 Å². The van der Waals surface area contributed by atoms with E-state index in [1.807, 2.05) is 0 Å². The Morgan fingerprint density at radius 1 is 1.36 bits per heavy atom. The lowest BCUT2D eigenvalue weighted by molar-refractivity contribution is -0.121. The Balaban J connectivity index is 2.89. The number of halogens is 1. The van der Waals surface area contributed by atoms with E-state index in [0.29, 0.717) is 13.2 Å². The summed E-state index contributed by atoms with van der Waals surface area (Å²) < 4.78 is 35.8. The quantitative estimate of drug-likeness (QED) is 0.699. The summed E-state index contributed by atoms with van der Waals surface area (Å²) in [7, 11) is 0.282. The molecular weight excluding hydrogens is 332 g/mol. The molecule has 7 nitrogen and oxygen atoms in total. The highest BCUT2D eigenvalue weighted by Crippen LogP contribution is 2.28. The van der Waals surface area contributed by atoms with Crippen molar-refractivity contribution in [1.82, 2.24) is 9.62 Å². The Morgan fingerprint density at radius 3 is 2.64 bits per heavy atom. The summed E-state index contributed by atoms with van der Waals surface area (Å²) in [5.41, 5.74) is 0. The number of methoxy groups -OCH3 is 2. The van der Waals surface area contributed by atoms with E-state index in [4.69, 9.17) is 21.1 Å². The molecule has 1 aromatic rings. The minimum atomic E-state index is -3.90. The summed E-state index contributed by atoms with van der Waals surface area (Å²) in [5, 5.41) is 2.81. The highest BCUT2D eigenvalue weighted by molar-refractivity contribution is 7.89. The number of amides is 1. The lowest BCUT2D eigenvalue weighted by atomic mass is 10.3. The lowest BCUT2D eigenvalue weighted by Crippen LogP contribution is -2.39. The average Bonchev–Trinajstić information content (AvgIpc) is 2.47. The van der Waals surface area contributed by atoms with E-state index in [-0.39, 0.29) is 22.2 Å². The Bertz CT molecular complexity index is 621. The number of carbonyl (C=O) groups excluding carboxylic acids is 1. The van der Waals surface area contributed by atoms with E-state index in [1.54, 1.807) is 0 Å². The van der Waals surface area contributed by atoms with Crippen LogP contribution in [0.25, 0.3) is 0 Å². The van der Waals surface area contributed by atoms with Crippen molar-refractivity contribution in [2.75, 3.05) is 41.0 Å². The average molecular weight is 351 g/mol. The molecule has 1 rings (SSSR count). The third-order valence-corrected chi connectivity index (χ3v) is 4.87. The maximum Gasteiger partial charge on any atom is 0.247 e. The van der Waals surface area contributed by atoms with Gasteiger partial charge in [0.05, 0.1) is 20.3 Å². The zero-order valence-corrected chi connectivity index (χ0v) is 14.2. The second-order valence-electron chi connectivity index (χ2n) is 4.40. The maximum atomic E-state index is 12.5. The molecule has 0 aliphatic carbocycles. The van der Waals surface area contributed by atoms with Gasteiger partial charge in [-0.1, -0.05) is 11.6 Å². The maximum absolute atomic E-state index is 12.5. The van der Waals surface area contributed by atoms with Gasteiger partial charge in [-0.15, -0.1) is 0 Å². The Hall–Kier alpha value is -1.35. The molecular formula is C13H19ClN2O5S. The fraction of sp³-hybridized carbons (Fsp3) is 0.462. The van der Waals surface area contributed by atoms with Crippen LogP contribution in [0.1, 0.15) is 0 Å². The van der Waals surface area contributed by atoms with Crippen molar-refractivity contribution < 1.29 is 22.7 Å². The molecule has 0 heterocycles. The molecule has 0 fully saturated rings. The summed E-state index contributed by atoms with van der Waals surface area (Å²) >= 11 is 5.84. The molecule has 0 atom stereocenters. The molecule has 22 heavy (non-hydrogen) atoms. The van der Waals surface area contributed by atoms with E-state index in [9.17, 15) is 13.2 Å². The summed E-state index contributed by atoms with van der Waals surface area (Å²) in [6, 6.07) is 4.27. The molecule has 0 saturated carbocycles. The van der Waals surface area contributed by atoms with Crippen molar-refractivity contribution in [1.29, 1.82) is 0 Å². The van der Waals surface area contributed by atoms with E-state index < -0.39 is 15.9 Å². The van der Waals surface area contributed by atoms with Crippen LogP contribution < -0.4 is 10.1 Å². The van der Waals surface area contributed by atoms with Gasteiger partial charge in [-0.25, -0.2) is 8.42 Å². The largest absolute Gasteiger partial charge is 0.495 e. The van der Waals surface area contributed by atoms with Gasteiger partial charge >= 0.3 is 0 Å². The molecule has 0 unspecified atom stereocenters. The fourth-order valence-corrected chi connectivity index (χ4v) is 3.20. The van der Waals surface area contributed by atoms with Crippen molar-refractivity contribution in [3.8, 4) is 5.75 Å². The molecule has 1 amide bonds. The first-order chi connectivity index (χ1) is 10.3. The number of rotatable bonds is 8. The predicted molar refractivity (Wildman–Crippen MR) is 82.7 cm³/mol. The molecule has 9 heteroatoms. The predicted octanol–water partition coefficient (Wildman–Crippen LogP) is 0.732. The number of hydrogen-bond acceptors (Lipinski definition) is 5. The minimum absolute atomic E-state index is 0.0882. The Kier molecular flexibility index (Phi) is 7.08. The van der Waals surface area contributed by atoms with E-state index >= 15 is 0 Å². The molecule has 0 aliphatic heterocycles. The number of hydrogen-bond donors (Lipinski definition) is 1. The van der Waals surface area contributed by atoms with Gasteiger partial charge in [0.1, 0.15) is 10.6 Å². The van der Waals surface area contributed by atoms with Gasteiger partial charge in [0.25, 0.3) is 0 Å². The van der Waals surface area contributed by atoms with Crippen LogP contribution in [-0.4, -0.2) is 59.6 Å². The van der Waals surface area contributed by atoms with Gasteiger partial charge in [0, 0.05) is 25.7 Å². The standard InChI is InChI=1S/C13H19ClN2O5S/c1-16(9-13(17)15-6-7-20-2)22(18,19)12-8-10(14)4-5-11(12)21-3/h4-5,8H,6-7,9H2,1-3H3,(H,15,17). The molecule has 0 aromatic heterocycles. The van der Waals surface area contributed by atoms with Crippen LogP contribution in [0.3, 0.4) is 0 Å². The number of ether oxygens (including phenoxy) is 2. The van der Waals surface area contributed by atoms with Crippen LogP contribution in [0, 0.1) is 0 Å². The first-order valence-corrected chi connectivity index (χ1v) is 8.20. The van der Waals surface area contributed by atoms with Crippen molar-refractivity contribution in [3.05, 3.63) is 23.2 Å². The first-order valence-electron chi connectivity index (χ1n) is 6.38. The SMILES string of the molecule is COCCNC(=O)CN(C)S(=O)(=O)c1cc(Cl)ccc1OC. The normalized spacial score (nSPS) is 11.5. The highest BCUT2D eigenvalue weighted by atomic mass is 35.5. The monoisotopic (exact) mass is 350 g/mol. The third-order valence-electron chi connectivity index (χ3n) is 2.81. The van der Waals surface area contributed by atoms with Gasteiger partial charge < -0.3 is 14.8 Å². The third kappa shape index (κ3) is 4.84. The fourth-order valence-electron chi connectivity index (χ4n) is 1.66. The van der Waals surface area contributed by atoms with Gasteiger partial charge in [-0.3, -0.25) is 4.79 Å². The molecule has 0 spiro atoms. The zero-order valence-electron chi connectivity index (χ0n) is 12.6. The molecule has 0 radical (unpaired) electrons. The minimum Gasteiger partial charge on any atom is -0.495 e. The number of likely N-dealkylation sites (N-methyl/N-ethyl adjacent to an activating group) is 1. The number of nitrogens with one attached hydrogen (secondary N) is 1. The topological polar surface area (TPSA) is 84.9 Å². The number of benzene rings is 1. The van der Waals surface area contributed by atoms with Gasteiger partial charge in [-0.05, 0) is 18.2 Å². The summed E-state index contributed by atoms with van der Waals surface area (Å²) in [5.74, 6) is -0.264. The number of nitrogens with zero attached hydrogens (tertiary/aromatic N) is 1. The van der Waals surface area contributed by atoms with Crippen LogP contribution in [0.2, 0.25) is 5.02 Å². The van der Waals surface area contributed by atoms with Gasteiger partial charge in [0.15, 0.2) is 0 Å². The summed E-state index contributed by atoms with van der Waals surface area (Å²) in [6.45, 7) is 0.343. The van der Waals surface area contributed by atoms with Gasteiger partial charge in [-0.2, -0.15) is 4.31 Å². The number of sulfonamides is 1. The van der Waals surface area contributed by atoms with Gasteiger partial charge in [0.2, 0.25) is 15.9 Å². The Labute approximate surface area is 135 Å². The molecule has 1 aromatic carbocycles. The van der Waals surface area contributed by atoms with E-state index in [2.05, 4.69) is 5.32 Å². The zero-order chi connectivity index (χ0) is 16.8. The second-order valence-corrected chi connectivity index (χ2v) is 6.85. The van der Waals surface area contributed by atoms with Crippen LogP contribution in [0.5, 0.6) is 5.75 Å². The molecule has 0 aliphatic rings. The van der Waals surface area contributed by atoms with E-state index in [0.717, 1.165) is 4.31 Å². The highest BCUT2D eigenvalue weighted by Gasteiger charge is 2.26. The molecule has 0 bridgehead atoms. The first kappa shape index (κ1) is 18.7. The lowest BCUT2D eigenvalue weighted by Gasteiger charge is -2.18.